The maximum Gasteiger partial charge on any atom is 0.251 e. The molecule has 23 heavy (non-hydrogen) atoms. The van der Waals surface area contributed by atoms with Crippen LogP contribution in [0.1, 0.15) is 28.2 Å². The molecule has 4 heteroatoms. The van der Waals surface area contributed by atoms with E-state index in [4.69, 9.17) is 0 Å². The maximum atomic E-state index is 12.1. The van der Waals surface area contributed by atoms with Crippen molar-refractivity contribution in [3.05, 3.63) is 65.5 Å². The standard InChI is InChI=1S/C19H21N3O/c1-14-7-5-8-16(13-14)19(23)20-11-6-12-22-15(2)21-17-9-3-4-10-18(17)22/h3-5,7-10,13H,6,11-12H2,1-2H3,(H,20,23). The molecule has 0 atom stereocenters. The third-order valence-electron chi connectivity index (χ3n) is 3.97. The molecule has 0 aliphatic carbocycles. The van der Waals surface area contributed by atoms with Gasteiger partial charge in [0.25, 0.3) is 5.91 Å². The molecule has 0 aliphatic heterocycles. The third-order valence-corrected chi connectivity index (χ3v) is 3.97. The van der Waals surface area contributed by atoms with Crippen LogP contribution >= 0.6 is 0 Å². The Hall–Kier alpha value is -2.62. The minimum Gasteiger partial charge on any atom is -0.352 e. The number of carbonyl (C=O) groups excluding carboxylic acids is 1. The molecule has 118 valence electrons. The van der Waals surface area contributed by atoms with Gasteiger partial charge in [-0.1, -0.05) is 29.8 Å². The summed E-state index contributed by atoms with van der Waals surface area (Å²) >= 11 is 0. The van der Waals surface area contributed by atoms with Crippen LogP contribution in [0.3, 0.4) is 0 Å². The van der Waals surface area contributed by atoms with Gasteiger partial charge in [0, 0.05) is 18.7 Å². The first-order valence-electron chi connectivity index (χ1n) is 7.92. The molecule has 3 aromatic rings. The summed E-state index contributed by atoms with van der Waals surface area (Å²) in [7, 11) is 0. The van der Waals surface area contributed by atoms with Gasteiger partial charge in [-0.3, -0.25) is 4.79 Å². The number of aryl methyl sites for hydroxylation is 3. The average molecular weight is 307 g/mol. The van der Waals surface area contributed by atoms with E-state index in [1.807, 2.05) is 56.3 Å². The number of amides is 1. The molecule has 4 nitrogen and oxygen atoms in total. The van der Waals surface area contributed by atoms with E-state index < -0.39 is 0 Å². The third kappa shape index (κ3) is 3.42. The minimum absolute atomic E-state index is 0.0130. The number of hydrogen-bond acceptors (Lipinski definition) is 2. The highest BCUT2D eigenvalue weighted by Gasteiger charge is 2.07. The molecule has 2 aromatic carbocycles. The topological polar surface area (TPSA) is 46.9 Å². The molecule has 0 saturated heterocycles. The summed E-state index contributed by atoms with van der Waals surface area (Å²) in [5.41, 5.74) is 3.98. The highest BCUT2D eigenvalue weighted by atomic mass is 16.1. The normalized spacial score (nSPS) is 10.9. The Kier molecular flexibility index (Phi) is 4.42. The van der Waals surface area contributed by atoms with E-state index in [0.717, 1.165) is 35.4 Å². The number of rotatable bonds is 5. The van der Waals surface area contributed by atoms with E-state index >= 15 is 0 Å². The van der Waals surface area contributed by atoms with Gasteiger partial charge in [0.2, 0.25) is 0 Å². The Bertz CT molecular complexity index is 836. The quantitative estimate of drug-likeness (QED) is 0.734. The van der Waals surface area contributed by atoms with E-state index in [1.165, 1.54) is 0 Å². The van der Waals surface area contributed by atoms with E-state index in [2.05, 4.69) is 20.9 Å². The molecule has 0 saturated carbocycles. The first kappa shape index (κ1) is 15.3. The summed E-state index contributed by atoms with van der Waals surface area (Å²) in [5, 5.41) is 2.98. The van der Waals surface area contributed by atoms with Crippen LogP contribution in [0.5, 0.6) is 0 Å². The number of carbonyl (C=O) groups is 1. The van der Waals surface area contributed by atoms with Gasteiger partial charge in [0.05, 0.1) is 11.0 Å². The lowest BCUT2D eigenvalue weighted by Gasteiger charge is -2.08. The Morgan fingerprint density at radius 1 is 1.13 bits per heavy atom. The summed E-state index contributed by atoms with van der Waals surface area (Å²) in [6.45, 7) is 5.51. The van der Waals surface area contributed by atoms with Crippen LogP contribution in [0, 0.1) is 13.8 Å². The predicted octanol–water partition coefficient (Wildman–Crippen LogP) is 3.47. The highest BCUT2D eigenvalue weighted by molar-refractivity contribution is 5.94. The lowest BCUT2D eigenvalue weighted by molar-refractivity contribution is 0.0952. The van der Waals surface area contributed by atoms with Crippen molar-refractivity contribution in [3.63, 3.8) is 0 Å². The van der Waals surface area contributed by atoms with E-state index in [-0.39, 0.29) is 5.91 Å². The van der Waals surface area contributed by atoms with Gasteiger partial charge in [0.15, 0.2) is 0 Å². The van der Waals surface area contributed by atoms with Crippen LogP contribution < -0.4 is 5.32 Å². The van der Waals surface area contributed by atoms with Crippen LogP contribution in [-0.2, 0) is 6.54 Å². The van der Waals surface area contributed by atoms with Gasteiger partial charge in [-0.25, -0.2) is 4.98 Å². The van der Waals surface area contributed by atoms with Crippen LogP contribution in [-0.4, -0.2) is 22.0 Å². The number of imidazole rings is 1. The summed E-state index contributed by atoms with van der Waals surface area (Å²) in [5.74, 6) is 0.997. The fraction of sp³-hybridized carbons (Fsp3) is 0.263. The first-order chi connectivity index (χ1) is 11.1. The Morgan fingerprint density at radius 3 is 2.78 bits per heavy atom. The van der Waals surface area contributed by atoms with Crippen LogP contribution in [0.15, 0.2) is 48.5 Å². The number of fused-ring (bicyclic) bond motifs is 1. The Labute approximate surface area is 136 Å². The second kappa shape index (κ2) is 6.65. The predicted molar refractivity (Wildman–Crippen MR) is 92.6 cm³/mol. The molecule has 1 N–H and O–H groups in total. The molecular formula is C19H21N3O. The zero-order chi connectivity index (χ0) is 16.2. The van der Waals surface area contributed by atoms with Gasteiger partial charge >= 0.3 is 0 Å². The number of benzene rings is 2. The number of nitrogens with zero attached hydrogens (tertiary/aromatic N) is 2. The maximum absolute atomic E-state index is 12.1. The molecule has 0 unspecified atom stereocenters. The monoisotopic (exact) mass is 307 g/mol. The lowest BCUT2D eigenvalue weighted by atomic mass is 10.1. The van der Waals surface area contributed by atoms with E-state index in [1.54, 1.807) is 0 Å². The molecule has 1 amide bonds. The fourth-order valence-electron chi connectivity index (χ4n) is 2.81. The highest BCUT2D eigenvalue weighted by Crippen LogP contribution is 2.15. The summed E-state index contributed by atoms with van der Waals surface area (Å²) in [6, 6.07) is 15.8. The molecule has 0 aliphatic rings. The number of nitrogens with one attached hydrogen (secondary N) is 1. The zero-order valence-corrected chi connectivity index (χ0v) is 13.5. The van der Waals surface area contributed by atoms with Crippen molar-refractivity contribution in [2.75, 3.05) is 6.54 Å². The average Bonchev–Trinajstić information content (AvgIpc) is 2.87. The number of aromatic nitrogens is 2. The van der Waals surface area contributed by atoms with E-state index in [9.17, 15) is 4.79 Å². The second-order valence-corrected chi connectivity index (χ2v) is 5.78. The van der Waals surface area contributed by atoms with Crippen LogP contribution in [0.25, 0.3) is 11.0 Å². The second-order valence-electron chi connectivity index (χ2n) is 5.78. The van der Waals surface area contributed by atoms with Crippen molar-refractivity contribution >= 4 is 16.9 Å². The van der Waals surface area contributed by atoms with Gasteiger partial charge < -0.3 is 9.88 Å². The molecule has 0 bridgehead atoms. The molecule has 0 fully saturated rings. The molecule has 0 spiro atoms. The van der Waals surface area contributed by atoms with Crippen LogP contribution in [0.2, 0.25) is 0 Å². The van der Waals surface area contributed by atoms with Crippen molar-refractivity contribution in [1.29, 1.82) is 0 Å². The molecular weight excluding hydrogens is 286 g/mol. The summed E-state index contributed by atoms with van der Waals surface area (Å²) in [4.78, 5) is 16.7. The van der Waals surface area contributed by atoms with Crippen molar-refractivity contribution in [2.24, 2.45) is 0 Å². The molecule has 1 aromatic heterocycles. The first-order valence-corrected chi connectivity index (χ1v) is 7.92. The lowest BCUT2D eigenvalue weighted by Crippen LogP contribution is -2.25. The van der Waals surface area contributed by atoms with Crippen molar-refractivity contribution in [3.8, 4) is 0 Å². The number of hydrogen-bond donors (Lipinski definition) is 1. The summed E-state index contributed by atoms with van der Waals surface area (Å²) in [6.07, 6.45) is 0.874. The van der Waals surface area contributed by atoms with Gasteiger partial charge in [0.1, 0.15) is 5.82 Å². The Balaban J connectivity index is 1.57. The van der Waals surface area contributed by atoms with Gasteiger partial charge in [-0.05, 0) is 44.5 Å². The Morgan fingerprint density at radius 2 is 1.96 bits per heavy atom. The fourth-order valence-corrected chi connectivity index (χ4v) is 2.81. The zero-order valence-electron chi connectivity index (χ0n) is 13.5. The minimum atomic E-state index is -0.0130. The van der Waals surface area contributed by atoms with E-state index in [0.29, 0.717) is 12.1 Å². The molecule has 3 rings (SSSR count). The largest absolute Gasteiger partial charge is 0.352 e. The molecule has 0 radical (unpaired) electrons. The smallest absolute Gasteiger partial charge is 0.251 e. The molecule has 1 heterocycles. The summed E-state index contributed by atoms with van der Waals surface area (Å²) < 4.78 is 2.20. The number of para-hydroxylation sites is 2. The van der Waals surface area contributed by atoms with Gasteiger partial charge in [-0.15, -0.1) is 0 Å². The van der Waals surface area contributed by atoms with Crippen molar-refractivity contribution in [1.82, 2.24) is 14.9 Å². The van der Waals surface area contributed by atoms with Crippen LogP contribution in [0.4, 0.5) is 0 Å². The van der Waals surface area contributed by atoms with Crippen molar-refractivity contribution < 1.29 is 4.79 Å². The van der Waals surface area contributed by atoms with Crippen molar-refractivity contribution in [2.45, 2.75) is 26.8 Å². The van der Waals surface area contributed by atoms with Gasteiger partial charge in [-0.2, -0.15) is 0 Å². The SMILES string of the molecule is Cc1cccc(C(=O)NCCCn2c(C)nc3ccccc32)c1.